The second-order valence-electron chi connectivity index (χ2n) is 3.77. The molecule has 1 aliphatic heterocycles. The minimum atomic E-state index is -3.88. The standard InChI is InChI=1S/C11H11NO5S/c1-8(13)9-2-4-10(5-3-9)18(15,16)12-6-7-17-11(12)14/h2-5H,6-7H2,1H3. The van der Waals surface area contributed by atoms with Crippen molar-refractivity contribution in [1.29, 1.82) is 0 Å². The fraction of sp³-hybridized carbons (Fsp3) is 0.273. The third-order valence-electron chi connectivity index (χ3n) is 2.57. The van der Waals surface area contributed by atoms with Crippen LogP contribution in [0.4, 0.5) is 4.79 Å². The van der Waals surface area contributed by atoms with Crippen molar-refractivity contribution in [2.75, 3.05) is 13.2 Å². The van der Waals surface area contributed by atoms with Gasteiger partial charge in [-0.15, -0.1) is 0 Å². The maximum Gasteiger partial charge on any atom is 0.424 e. The Bertz CT molecular complexity index is 590. The summed E-state index contributed by atoms with van der Waals surface area (Å²) in [5.41, 5.74) is 0.415. The molecule has 1 amide bonds. The van der Waals surface area contributed by atoms with E-state index in [1.165, 1.54) is 31.2 Å². The van der Waals surface area contributed by atoms with Gasteiger partial charge in [0.15, 0.2) is 5.78 Å². The molecular weight excluding hydrogens is 258 g/mol. The van der Waals surface area contributed by atoms with Gasteiger partial charge in [-0.25, -0.2) is 13.2 Å². The topological polar surface area (TPSA) is 80.8 Å². The van der Waals surface area contributed by atoms with Gasteiger partial charge in [-0.3, -0.25) is 4.79 Å². The van der Waals surface area contributed by atoms with Crippen molar-refractivity contribution in [3.05, 3.63) is 29.8 Å². The largest absolute Gasteiger partial charge is 0.447 e. The molecule has 96 valence electrons. The number of cyclic esters (lactones) is 1. The van der Waals surface area contributed by atoms with Crippen molar-refractivity contribution >= 4 is 21.9 Å². The molecule has 18 heavy (non-hydrogen) atoms. The smallest absolute Gasteiger partial charge is 0.424 e. The van der Waals surface area contributed by atoms with Crippen molar-refractivity contribution in [3.8, 4) is 0 Å². The van der Waals surface area contributed by atoms with Gasteiger partial charge in [0.2, 0.25) is 0 Å². The Morgan fingerprint density at radius 1 is 1.28 bits per heavy atom. The van der Waals surface area contributed by atoms with Gasteiger partial charge in [0, 0.05) is 5.56 Å². The van der Waals surface area contributed by atoms with Crippen LogP contribution in [-0.4, -0.2) is 37.8 Å². The highest BCUT2D eigenvalue weighted by Gasteiger charge is 2.34. The monoisotopic (exact) mass is 269 g/mol. The third-order valence-corrected chi connectivity index (χ3v) is 4.35. The number of amides is 1. The number of nitrogens with zero attached hydrogens (tertiary/aromatic N) is 1. The summed E-state index contributed by atoms with van der Waals surface area (Å²) in [7, 11) is -3.88. The van der Waals surface area contributed by atoms with Crippen molar-refractivity contribution in [1.82, 2.24) is 4.31 Å². The number of Topliss-reactive ketones (excluding diaryl/α,β-unsaturated/α-hetero) is 1. The van der Waals surface area contributed by atoms with E-state index in [1.54, 1.807) is 0 Å². The first-order chi connectivity index (χ1) is 8.43. The van der Waals surface area contributed by atoms with Crippen LogP contribution in [0.3, 0.4) is 0 Å². The molecule has 0 aromatic heterocycles. The molecule has 6 nitrogen and oxygen atoms in total. The van der Waals surface area contributed by atoms with E-state index in [0.29, 0.717) is 9.87 Å². The van der Waals surface area contributed by atoms with Gasteiger partial charge in [-0.1, -0.05) is 12.1 Å². The van der Waals surface area contributed by atoms with E-state index < -0.39 is 16.1 Å². The van der Waals surface area contributed by atoms with Crippen LogP contribution >= 0.6 is 0 Å². The summed E-state index contributed by atoms with van der Waals surface area (Å²) >= 11 is 0. The number of rotatable bonds is 3. The lowest BCUT2D eigenvalue weighted by Gasteiger charge is -2.13. The lowest BCUT2D eigenvalue weighted by Crippen LogP contribution is -2.31. The molecule has 0 N–H and O–H groups in total. The summed E-state index contributed by atoms with van der Waals surface area (Å²) in [4.78, 5) is 22.3. The molecule has 0 bridgehead atoms. The number of hydrogen-bond acceptors (Lipinski definition) is 5. The first kappa shape index (κ1) is 12.6. The van der Waals surface area contributed by atoms with Crippen LogP contribution in [0, 0.1) is 0 Å². The number of carbonyl (C=O) groups is 2. The molecule has 1 aromatic carbocycles. The Balaban J connectivity index is 2.35. The number of hydrogen-bond donors (Lipinski definition) is 0. The SMILES string of the molecule is CC(=O)c1ccc(S(=O)(=O)N2CCOC2=O)cc1. The zero-order valence-corrected chi connectivity index (χ0v) is 10.4. The van der Waals surface area contributed by atoms with Crippen molar-refractivity contribution < 1.29 is 22.7 Å². The van der Waals surface area contributed by atoms with Crippen LogP contribution in [0.15, 0.2) is 29.2 Å². The number of carbonyl (C=O) groups excluding carboxylic acids is 2. The maximum atomic E-state index is 12.1. The van der Waals surface area contributed by atoms with Crippen molar-refractivity contribution in [2.45, 2.75) is 11.8 Å². The summed E-state index contributed by atoms with van der Waals surface area (Å²) in [5.74, 6) is -0.153. The van der Waals surface area contributed by atoms with Gasteiger partial charge in [0.25, 0.3) is 10.0 Å². The van der Waals surface area contributed by atoms with Crippen molar-refractivity contribution in [2.24, 2.45) is 0 Å². The molecule has 1 aromatic rings. The number of sulfonamides is 1. The second-order valence-corrected chi connectivity index (χ2v) is 5.63. The highest BCUT2D eigenvalue weighted by Crippen LogP contribution is 2.19. The zero-order chi connectivity index (χ0) is 13.3. The summed E-state index contributed by atoms with van der Waals surface area (Å²) in [6.07, 6.45) is -0.870. The Kier molecular flexibility index (Phi) is 3.08. The van der Waals surface area contributed by atoms with E-state index in [2.05, 4.69) is 4.74 Å². The Morgan fingerprint density at radius 2 is 1.89 bits per heavy atom. The zero-order valence-electron chi connectivity index (χ0n) is 9.62. The molecule has 0 atom stereocenters. The van der Waals surface area contributed by atoms with E-state index in [1.807, 2.05) is 0 Å². The molecule has 0 saturated carbocycles. The highest BCUT2D eigenvalue weighted by atomic mass is 32.2. The van der Waals surface area contributed by atoms with E-state index >= 15 is 0 Å². The van der Waals surface area contributed by atoms with Crippen LogP contribution in [0.2, 0.25) is 0 Å². The van der Waals surface area contributed by atoms with Gasteiger partial charge >= 0.3 is 6.09 Å². The molecule has 1 heterocycles. The first-order valence-corrected chi connectivity index (χ1v) is 6.67. The van der Waals surface area contributed by atoms with Crippen LogP contribution in [-0.2, 0) is 14.8 Å². The van der Waals surface area contributed by atoms with Crippen LogP contribution in [0.1, 0.15) is 17.3 Å². The van der Waals surface area contributed by atoms with Gasteiger partial charge in [0.1, 0.15) is 6.61 Å². The quantitative estimate of drug-likeness (QED) is 0.765. The Labute approximate surface area is 104 Å². The molecule has 0 spiro atoms. The summed E-state index contributed by atoms with van der Waals surface area (Å²) in [5, 5.41) is 0. The van der Waals surface area contributed by atoms with Gasteiger partial charge < -0.3 is 4.74 Å². The van der Waals surface area contributed by atoms with Crippen LogP contribution in [0.5, 0.6) is 0 Å². The number of ketones is 1. The molecule has 7 heteroatoms. The molecule has 0 unspecified atom stereocenters. The minimum Gasteiger partial charge on any atom is -0.447 e. The van der Waals surface area contributed by atoms with E-state index in [-0.39, 0.29) is 23.8 Å². The van der Waals surface area contributed by atoms with Crippen LogP contribution in [0.25, 0.3) is 0 Å². The molecular formula is C11H11NO5S. The second kappa shape index (κ2) is 4.41. The molecule has 1 aliphatic rings. The molecule has 0 radical (unpaired) electrons. The van der Waals surface area contributed by atoms with E-state index in [9.17, 15) is 18.0 Å². The highest BCUT2D eigenvalue weighted by molar-refractivity contribution is 7.89. The molecule has 0 aliphatic carbocycles. The number of benzene rings is 1. The summed E-state index contributed by atoms with van der Waals surface area (Å²) in [6, 6.07) is 5.43. The molecule has 2 rings (SSSR count). The maximum absolute atomic E-state index is 12.1. The normalized spacial score (nSPS) is 15.6. The van der Waals surface area contributed by atoms with Gasteiger partial charge in [-0.2, -0.15) is 4.31 Å². The molecule has 1 fully saturated rings. The van der Waals surface area contributed by atoms with E-state index in [0.717, 1.165) is 0 Å². The van der Waals surface area contributed by atoms with E-state index in [4.69, 9.17) is 0 Å². The minimum absolute atomic E-state index is 0.00955. The average molecular weight is 269 g/mol. The Morgan fingerprint density at radius 3 is 2.33 bits per heavy atom. The lowest BCUT2D eigenvalue weighted by molar-refractivity contribution is 0.101. The average Bonchev–Trinajstić information content (AvgIpc) is 2.76. The number of ether oxygens (including phenoxy) is 1. The predicted molar refractivity (Wildman–Crippen MR) is 61.7 cm³/mol. The fourth-order valence-corrected chi connectivity index (χ4v) is 2.88. The van der Waals surface area contributed by atoms with Crippen LogP contribution < -0.4 is 0 Å². The third kappa shape index (κ3) is 2.08. The lowest BCUT2D eigenvalue weighted by atomic mass is 10.2. The summed E-state index contributed by atoms with van der Waals surface area (Å²) < 4.78 is 29.4. The Hall–Kier alpha value is -1.89. The first-order valence-electron chi connectivity index (χ1n) is 5.23. The van der Waals surface area contributed by atoms with Crippen molar-refractivity contribution in [3.63, 3.8) is 0 Å². The summed E-state index contributed by atoms with van der Waals surface area (Å²) in [6.45, 7) is 1.46. The van der Waals surface area contributed by atoms with Gasteiger partial charge in [0.05, 0.1) is 11.4 Å². The van der Waals surface area contributed by atoms with Gasteiger partial charge in [-0.05, 0) is 19.1 Å². The predicted octanol–water partition coefficient (Wildman–Crippen LogP) is 1.03. The molecule has 1 saturated heterocycles. The fourth-order valence-electron chi connectivity index (χ4n) is 1.59.